The zero-order valence-corrected chi connectivity index (χ0v) is 18.2. The summed E-state index contributed by atoms with van der Waals surface area (Å²) in [6.07, 6.45) is 2.99. The van der Waals surface area contributed by atoms with Crippen molar-refractivity contribution in [1.29, 1.82) is 0 Å². The Bertz CT molecular complexity index is 839. The van der Waals surface area contributed by atoms with Crippen LogP contribution in [0.5, 0.6) is 0 Å². The lowest BCUT2D eigenvalue weighted by atomic mass is 10.2. The molecule has 2 rings (SSSR count). The van der Waals surface area contributed by atoms with Crippen LogP contribution in [0.3, 0.4) is 0 Å². The van der Waals surface area contributed by atoms with Crippen LogP contribution in [0.4, 0.5) is 11.4 Å². The molecule has 10 heteroatoms. The molecule has 2 aromatic rings. The van der Waals surface area contributed by atoms with Crippen molar-refractivity contribution < 1.29 is 14.6 Å². The zero-order chi connectivity index (χ0) is 21.4. The summed E-state index contributed by atoms with van der Waals surface area (Å²) in [5.74, 6) is 0.714. The number of nitrogens with one attached hydrogen (secondary N) is 2. The average molecular weight is 422 g/mol. The van der Waals surface area contributed by atoms with Gasteiger partial charge in [0.15, 0.2) is 11.0 Å². The van der Waals surface area contributed by atoms with E-state index in [9.17, 15) is 14.9 Å². The summed E-state index contributed by atoms with van der Waals surface area (Å²) in [6.45, 7) is 5.06. The first kappa shape index (κ1) is 22.8. The molecule has 1 aromatic carbocycles. The van der Waals surface area contributed by atoms with Gasteiger partial charge in [-0.1, -0.05) is 44.2 Å². The zero-order valence-electron chi connectivity index (χ0n) is 17.3. The second kappa shape index (κ2) is 10.9. The van der Waals surface area contributed by atoms with Gasteiger partial charge in [0, 0.05) is 19.0 Å². The highest BCUT2D eigenvalue weighted by molar-refractivity contribution is 7.99. The molecule has 0 aliphatic carbocycles. The summed E-state index contributed by atoms with van der Waals surface area (Å²) in [4.78, 5) is 24.2. The molecule has 29 heavy (non-hydrogen) atoms. The smallest absolute Gasteiger partial charge is 0.292 e. The Labute approximate surface area is 175 Å². The average Bonchev–Trinajstić information content (AvgIpc) is 3.07. The molecule has 0 saturated carbocycles. The lowest BCUT2D eigenvalue weighted by Crippen LogP contribution is -3.06. The largest absolute Gasteiger partial charge is 0.331 e. The van der Waals surface area contributed by atoms with Gasteiger partial charge in [0.05, 0.1) is 24.8 Å². The number of benzene rings is 1. The van der Waals surface area contributed by atoms with Crippen molar-refractivity contribution in [3.8, 4) is 0 Å². The number of thioether (sulfide) groups is 1. The fraction of sp³-hybridized carbons (Fsp3) is 0.526. The highest BCUT2D eigenvalue weighted by Crippen LogP contribution is 2.25. The number of aromatic nitrogens is 3. The maximum Gasteiger partial charge on any atom is 0.292 e. The van der Waals surface area contributed by atoms with Crippen molar-refractivity contribution in [1.82, 2.24) is 14.8 Å². The van der Waals surface area contributed by atoms with Crippen LogP contribution in [0.25, 0.3) is 0 Å². The van der Waals surface area contributed by atoms with Crippen LogP contribution in [0.15, 0.2) is 29.4 Å². The third-order valence-electron chi connectivity index (χ3n) is 4.60. The van der Waals surface area contributed by atoms with Crippen molar-refractivity contribution in [2.24, 2.45) is 0 Å². The van der Waals surface area contributed by atoms with Crippen LogP contribution in [0.2, 0.25) is 0 Å². The van der Waals surface area contributed by atoms with Crippen LogP contribution < -0.4 is 10.2 Å². The number of carbonyl (C=O) groups excluding carboxylic acids is 1. The molecule has 0 aliphatic heterocycles. The number of nitrogens with zero attached hydrogens (tertiary/aromatic N) is 4. The Balaban J connectivity index is 2.12. The molecule has 158 valence electrons. The summed E-state index contributed by atoms with van der Waals surface area (Å²) in [5.41, 5.74) is 0.0671. The summed E-state index contributed by atoms with van der Waals surface area (Å²) in [7, 11) is 4.19. The molecule has 1 amide bonds. The fourth-order valence-electron chi connectivity index (χ4n) is 3.09. The maximum atomic E-state index is 12.4. The Hall–Kier alpha value is -2.46. The highest BCUT2D eigenvalue weighted by atomic mass is 32.2. The number of hydrogen-bond donors (Lipinski definition) is 2. The molecule has 0 saturated heterocycles. The first-order chi connectivity index (χ1) is 13.9. The fourth-order valence-corrected chi connectivity index (χ4v) is 3.87. The third kappa shape index (κ3) is 6.01. The predicted molar refractivity (Wildman–Crippen MR) is 113 cm³/mol. The van der Waals surface area contributed by atoms with Crippen LogP contribution in [-0.4, -0.2) is 45.4 Å². The predicted octanol–water partition coefficient (Wildman–Crippen LogP) is 2.31. The van der Waals surface area contributed by atoms with Crippen LogP contribution in [-0.2, 0) is 11.3 Å². The molecule has 2 N–H and O–H groups in total. The van der Waals surface area contributed by atoms with E-state index in [4.69, 9.17) is 0 Å². The second-order valence-corrected chi connectivity index (χ2v) is 7.94. The molecule has 1 heterocycles. The molecule has 1 atom stereocenters. The van der Waals surface area contributed by atoms with Crippen molar-refractivity contribution in [2.45, 2.75) is 50.9 Å². The molecule has 1 aromatic heterocycles. The number of quaternary nitrogens is 1. The number of rotatable bonds is 11. The summed E-state index contributed by atoms with van der Waals surface area (Å²) < 4.78 is 2.10. The SMILES string of the molecule is CCCCn1c(SCC(=O)Nc2ccccc2[N+](=O)[O-])nnc1[C@H](CC)[NH+](C)C. The molecule has 0 radical (unpaired) electrons. The number of nitro benzene ring substituents is 1. The van der Waals surface area contributed by atoms with Crippen LogP contribution in [0, 0.1) is 10.1 Å². The van der Waals surface area contributed by atoms with Gasteiger partial charge in [0.1, 0.15) is 11.7 Å². The first-order valence-corrected chi connectivity index (χ1v) is 10.8. The lowest BCUT2D eigenvalue weighted by Gasteiger charge is -2.20. The third-order valence-corrected chi connectivity index (χ3v) is 5.57. The summed E-state index contributed by atoms with van der Waals surface area (Å²) >= 11 is 1.30. The van der Waals surface area contributed by atoms with E-state index < -0.39 is 4.92 Å². The highest BCUT2D eigenvalue weighted by Gasteiger charge is 2.25. The van der Waals surface area contributed by atoms with Gasteiger partial charge >= 0.3 is 0 Å². The molecule has 0 unspecified atom stereocenters. The van der Waals surface area contributed by atoms with Gasteiger partial charge in [-0.05, 0) is 12.5 Å². The van der Waals surface area contributed by atoms with Gasteiger partial charge in [-0.2, -0.15) is 0 Å². The van der Waals surface area contributed by atoms with E-state index >= 15 is 0 Å². The van der Waals surface area contributed by atoms with E-state index in [1.807, 2.05) is 0 Å². The van der Waals surface area contributed by atoms with Gasteiger partial charge in [-0.15, -0.1) is 10.2 Å². The maximum absolute atomic E-state index is 12.4. The van der Waals surface area contributed by atoms with Gasteiger partial charge in [0.2, 0.25) is 5.91 Å². The number of unbranched alkanes of at least 4 members (excludes halogenated alkanes) is 1. The van der Waals surface area contributed by atoms with Gasteiger partial charge in [-0.3, -0.25) is 14.9 Å². The number of hydrogen-bond acceptors (Lipinski definition) is 6. The Kier molecular flexibility index (Phi) is 8.59. The van der Waals surface area contributed by atoms with E-state index in [1.54, 1.807) is 12.1 Å². The number of carbonyl (C=O) groups is 1. The Morgan fingerprint density at radius 3 is 2.66 bits per heavy atom. The van der Waals surface area contributed by atoms with Gasteiger partial charge in [-0.25, -0.2) is 0 Å². The van der Waals surface area contributed by atoms with Crippen molar-refractivity contribution in [2.75, 3.05) is 25.2 Å². The number of nitro groups is 1. The summed E-state index contributed by atoms with van der Waals surface area (Å²) in [5, 5.41) is 23.2. The van der Waals surface area contributed by atoms with Crippen molar-refractivity contribution >= 4 is 29.0 Å². The minimum atomic E-state index is -0.509. The molecule has 9 nitrogen and oxygen atoms in total. The van der Waals surface area contributed by atoms with E-state index in [2.05, 4.69) is 48.0 Å². The van der Waals surface area contributed by atoms with Crippen molar-refractivity contribution in [3.63, 3.8) is 0 Å². The second-order valence-electron chi connectivity index (χ2n) is 7.00. The van der Waals surface area contributed by atoms with Crippen LogP contribution in [0.1, 0.15) is 45.0 Å². The van der Waals surface area contributed by atoms with Crippen molar-refractivity contribution in [3.05, 3.63) is 40.2 Å². The Morgan fingerprint density at radius 1 is 1.31 bits per heavy atom. The number of anilines is 1. The molecular formula is C19H29N6O3S+. The van der Waals surface area contributed by atoms with E-state index in [1.165, 1.54) is 28.8 Å². The van der Waals surface area contributed by atoms with E-state index in [-0.39, 0.29) is 29.1 Å². The molecule has 0 bridgehead atoms. The van der Waals surface area contributed by atoms with E-state index in [0.29, 0.717) is 5.16 Å². The lowest BCUT2D eigenvalue weighted by molar-refractivity contribution is -0.893. The van der Waals surface area contributed by atoms with Gasteiger partial charge in [0.25, 0.3) is 5.69 Å². The minimum absolute atomic E-state index is 0.0991. The molecule has 0 fully saturated rings. The monoisotopic (exact) mass is 421 g/mol. The van der Waals surface area contributed by atoms with Gasteiger partial charge < -0.3 is 14.8 Å². The first-order valence-electron chi connectivity index (χ1n) is 9.78. The normalized spacial score (nSPS) is 12.2. The molecule has 0 aliphatic rings. The Morgan fingerprint density at radius 2 is 2.03 bits per heavy atom. The van der Waals surface area contributed by atoms with E-state index in [0.717, 1.165) is 31.6 Å². The number of para-hydroxylation sites is 2. The molecule has 0 spiro atoms. The summed E-state index contributed by atoms with van der Waals surface area (Å²) in [6, 6.07) is 6.34. The molecular weight excluding hydrogens is 392 g/mol. The standard InChI is InChI=1S/C19H28N6O3S/c1-5-7-12-24-18(15(6-2)23(3)4)21-22-19(24)29-13-17(26)20-14-10-8-9-11-16(14)25(27)28/h8-11,15H,5-7,12-13H2,1-4H3,(H,20,26)/p+1/t15-/m0/s1. The quantitative estimate of drug-likeness (QED) is 0.328. The van der Waals surface area contributed by atoms with Crippen LogP contribution >= 0.6 is 11.8 Å². The minimum Gasteiger partial charge on any atom is -0.331 e. The topological polar surface area (TPSA) is 107 Å². The number of amides is 1.